The number of aliphatic hydroxyl groups excluding tert-OH is 1. The van der Waals surface area contributed by atoms with Crippen molar-refractivity contribution in [1.29, 1.82) is 0 Å². The molecule has 0 saturated heterocycles. The van der Waals surface area contributed by atoms with Crippen LogP contribution in [0, 0.1) is 11.3 Å². The summed E-state index contributed by atoms with van der Waals surface area (Å²) < 4.78 is 0. The maximum Gasteiger partial charge on any atom is 0.0490 e. The van der Waals surface area contributed by atoms with Crippen LogP contribution in [-0.4, -0.2) is 11.7 Å². The standard InChI is InChI=1S/C18H27ClO/c1-2-3-4-15-9-11-18(14-20,12-10-15)13-16-5-7-17(19)8-6-16/h5-8,15,20H,2-4,9-14H2,1H3. The van der Waals surface area contributed by atoms with Gasteiger partial charge in [0.15, 0.2) is 0 Å². The molecule has 0 aromatic heterocycles. The molecule has 0 radical (unpaired) electrons. The van der Waals surface area contributed by atoms with Crippen LogP contribution >= 0.6 is 11.6 Å². The van der Waals surface area contributed by atoms with Gasteiger partial charge in [0.25, 0.3) is 0 Å². The van der Waals surface area contributed by atoms with Crippen molar-refractivity contribution >= 4 is 11.6 Å². The first-order chi connectivity index (χ1) is 9.67. The molecule has 2 rings (SSSR count). The van der Waals surface area contributed by atoms with Crippen LogP contribution in [0.15, 0.2) is 24.3 Å². The Hall–Kier alpha value is -0.530. The number of aliphatic hydroxyl groups is 1. The lowest BCUT2D eigenvalue weighted by atomic mass is 9.67. The summed E-state index contributed by atoms with van der Waals surface area (Å²) in [5.74, 6) is 0.889. The number of hydrogen-bond acceptors (Lipinski definition) is 1. The Kier molecular flexibility index (Phi) is 5.92. The van der Waals surface area contributed by atoms with E-state index in [0.29, 0.717) is 6.61 Å². The van der Waals surface area contributed by atoms with Gasteiger partial charge >= 0.3 is 0 Å². The van der Waals surface area contributed by atoms with Crippen molar-refractivity contribution in [2.45, 2.75) is 58.3 Å². The molecule has 1 aromatic carbocycles. The number of unbranched alkanes of at least 4 members (excludes halogenated alkanes) is 1. The van der Waals surface area contributed by atoms with Gasteiger partial charge in [0.2, 0.25) is 0 Å². The fraction of sp³-hybridized carbons (Fsp3) is 0.667. The summed E-state index contributed by atoms with van der Waals surface area (Å²) in [5.41, 5.74) is 1.41. The molecule has 0 bridgehead atoms. The minimum Gasteiger partial charge on any atom is -0.396 e. The highest BCUT2D eigenvalue weighted by Crippen LogP contribution is 2.42. The molecule has 0 atom stereocenters. The maximum atomic E-state index is 9.89. The average molecular weight is 295 g/mol. The van der Waals surface area contributed by atoms with Crippen LogP contribution in [0.4, 0.5) is 0 Å². The highest BCUT2D eigenvalue weighted by atomic mass is 35.5. The summed E-state index contributed by atoms with van der Waals surface area (Å²) in [6.45, 7) is 2.58. The number of benzene rings is 1. The zero-order valence-electron chi connectivity index (χ0n) is 12.6. The topological polar surface area (TPSA) is 20.2 Å². The van der Waals surface area contributed by atoms with E-state index in [0.717, 1.165) is 17.4 Å². The molecule has 0 spiro atoms. The van der Waals surface area contributed by atoms with E-state index in [9.17, 15) is 5.11 Å². The van der Waals surface area contributed by atoms with Gasteiger partial charge in [-0.15, -0.1) is 0 Å². The van der Waals surface area contributed by atoms with Gasteiger partial charge < -0.3 is 5.11 Å². The van der Waals surface area contributed by atoms with Crippen LogP contribution in [-0.2, 0) is 6.42 Å². The molecule has 1 fully saturated rings. The summed E-state index contributed by atoms with van der Waals surface area (Å²) in [6, 6.07) is 8.11. The summed E-state index contributed by atoms with van der Waals surface area (Å²) in [6.07, 6.45) is 9.92. The van der Waals surface area contributed by atoms with Crippen molar-refractivity contribution in [3.63, 3.8) is 0 Å². The van der Waals surface area contributed by atoms with Gasteiger partial charge in [-0.1, -0.05) is 49.9 Å². The highest BCUT2D eigenvalue weighted by molar-refractivity contribution is 6.30. The molecule has 0 heterocycles. The Morgan fingerprint density at radius 3 is 2.40 bits per heavy atom. The third kappa shape index (κ3) is 4.23. The molecular formula is C18H27ClO. The number of rotatable bonds is 6. The molecule has 1 aliphatic carbocycles. The van der Waals surface area contributed by atoms with Crippen molar-refractivity contribution in [2.75, 3.05) is 6.61 Å². The minimum atomic E-state index is 0.108. The second kappa shape index (κ2) is 7.47. The maximum absolute atomic E-state index is 9.89. The Morgan fingerprint density at radius 2 is 1.85 bits per heavy atom. The first-order valence-corrected chi connectivity index (χ1v) is 8.40. The molecule has 20 heavy (non-hydrogen) atoms. The van der Waals surface area contributed by atoms with E-state index in [2.05, 4.69) is 19.1 Å². The predicted octanol–water partition coefficient (Wildman–Crippen LogP) is 5.24. The minimum absolute atomic E-state index is 0.108. The molecule has 0 unspecified atom stereocenters. The lowest BCUT2D eigenvalue weighted by Crippen LogP contribution is -2.33. The second-order valence-electron chi connectivity index (χ2n) is 6.55. The average Bonchev–Trinajstić information content (AvgIpc) is 2.49. The fourth-order valence-electron chi connectivity index (χ4n) is 3.50. The van der Waals surface area contributed by atoms with E-state index >= 15 is 0 Å². The molecule has 1 N–H and O–H groups in total. The molecular weight excluding hydrogens is 268 g/mol. The van der Waals surface area contributed by atoms with Gasteiger partial charge in [0.1, 0.15) is 0 Å². The number of hydrogen-bond donors (Lipinski definition) is 1. The SMILES string of the molecule is CCCCC1CCC(CO)(Cc2ccc(Cl)cc2)CC1. The van der Waals surface area contributed by atoms with Crippen LogP contribution in [0.3, 0.4) is 0 Å². The Labute approximate surface area is 128 Å². The van der Waals surface area contributed by atoms with E-state index in [1.165, 1.54) is 50.5 Å². The highest BCUT2D eigenvalue weighted by Gasteiger charge is 2.34. The van der Waals surface area contributed by atoms with Crippen molar-refractivity contribution in [1.82, 2.24) is 0 Å². The Bertz CT molecular complexity index is 390. The Morgan fingerprint density at radius 1 is 1.20 bits per heavy atom. The van der Waals surface area contributed by atoms with E-state index < -0.39 is 0 Å². The smallest absolute Gasteiger partial charge is 0.0490 e. The summed E-state index contributed by atoms with van der Waals surface area (Å²) in [4.78, 5) is 0. The molecule has 2 heteroatoms. The van der Waals surface area contributed by atoms with Gasteiger partial charge in [-0.2, -0.15) is 0 Å². The van der Waals surface area contributed by atoms with Gasteiger partial charge in [0.05, 0.1) is 0 Å². The van der Waals surface area contributed by atoms with Gasteiger partial charge in [-0.3, -0.25) is 0 Å². The largest absolute Gasteiger partial charge is 0.396 e. The molecule has 1 aromatic rings. The zero-order chi connectivity index (χ0) is 14.4. The fourth-order valence-corrected chi connectivity index (χ4v) is 3.62. The van der Waals surface area contributed by atoms with Gasteiger partial charge in [-0.05, 0) is 61.1 Å². The lowest BCUT2D eigenvalue weighted by molar-refractivity contribution is 0.0621. The summed E-state index contributed by atoms with van der Waals surface area (Å²) in [7, 11) is 0. The number of halogens is 1. The van der Waals surface area contributed by atoms with Crippen molar-refractivity contribution in [3.8, 4) is 0 Å². The van der Waals surface area contributed by atoms with Crippen LogP contribution < -0.4 is 0 Å². The van der Waals surface area contributed by atoms with E-state index in [1.54, 1.807) is 0 Å². The first-order valence-electron chi connectivity index (χ1n) is 8.03. The molecule has 1 aliphatic rings. The molecule has 1 nitrogen and oxygen atoms in total. The van der Waals surface area contributed by atoms with Crippen molar-refractivity contribution in [3.05, 3.63) is 34.9 Å². The van der Waals surface area contributed by atoms with Crippen molar-refractivity contribution < 1.29 is 5.11 Å². The third-order valence-corrected chi connectivity index (χ3v) is 5.21. The van der Waals surface area contributed by atoms with Crippen LogP contribution in [0.2, 0.25) is 5.02 Å². The predicted molar refractivity (Wildman–Crippen MR) is 86.2 cm³/mol. The van der Waals surface area contributed by atoms with E-state index in [4.69, 9.17) is 11.6 Å². The second-order valence-corrected chi connectivity index (χ2v) is 6.98. The molecule has 1 saturated carbocycles. The normalized spacial score (nSPS) is 26.6. The molecule has 0 amide bonds. The monoisotopic (exact) mass is 294 g/mol. The summed E-state index contributed by atoms with van der Waals surface area (Å²) in [5, 5.41) is 10.7. The molecule has 112 valence electrons. The third-order valence-electron chi connectivity index (χ3n) is 4.96. The van der Waals surface area contributed by atoms with Crippen LogP contribution in [0.25, 0.3) is 0 Å². The summed E-state index contributed by atoms with van der Waals surface area (Å²) >= 11 is 5.94. The Balaban J connectivity index is 1.92. The molecule has 0 aliphatic heterocycles. The zero-order valence-corrected chi connectivity index (χ0v) is 13.3. The first kappa shape index (κ1) is 15.9. The van der Waals surface area contributed by atoms with E-state index in [-0.39, 0.29) is 5.41 Å². The van der Waals surface area contributed by atoms with Gasteiger partial charge in [0, 0.05) is 11.6 Å². The quantitative estimate of drug-likeness (QED) is 0.760. The van der Waals surface area contributed by atoms with E-state index in [1.807, 2.05) is 12.1 Å². The lowest BCUT2D eigenvalue weighted by Gasteiger charge is -2.39. The van der Waals surface area contributed by atoms with Gasteiger partial charge in [-0.25, -0.2) is 0 Å². The van der Waals surface area contributed by atoms with Crippen molar-refractivity contribution in [2.24, 2.45) is 11.3 Å². The van der Waals surface area contributed by atoms with Crippen LogP contribution in [0.1, 0.15) is 57.4 Å². The van der Waals surface area contributed by atoms with Crippen LogP contribution in [0.5, 0.6) is 0 Å².